The van der Waals surface area contributed by atoms with E-state index in [2.05, 4.69) is 10.3 Å². The monoisotopic (exact) mass is 431 g/mol. The molecule has 0 radical (unpaired) electrons. The van der Waals surface area contributed by atoms with Crippen molar-refractivity contribution in [2.45, 2.75) is 25.8 Å². The average molecular weight is 432 g/mol. The SMILES string of the molecule is CCC(NC(=O)c1ccc(-c2ccc[nH+]c2)cc1)C(Cc1cccc(C(=N)N)c1)C(=O)O. The Morgan fingerprint density at radius 1 is 1.06 bits per heavy atom. The summed E-state index contributed by atoms with van der Waals surface area (Å²) in [5.41, 5.74) is 9.28. The molecule has 0 aliphatic carbocycles. The highest BCUT2D eigenvalue weighted by Gasteiger charge is 2.29. The summed E-state index contributed by atoms with van der Waals surface area (Å²) in [4.78, 5) is 27.9. The van der Waals surface area contributed by atoms with E-state index in [-0.39, 0.29) is 18.2 Å². The Hall–Kier alpha value is -4.00. The molecule has 0 spiro atoms. The van der Waals surface area contributed by atoms with Gasteiger partial charge in [-0.2, -0.15) is 0 Å². The molecule has 1 aromatic heterocycles. The van der Waals surface area contributed by atoms with Gasteiger partial charge in [0.15, 0.2) is 12.4 Å². The van der Waals surface area contributed by atoms with E-state index >= 15 is 0 Å². The smallest absolute Gasteiger partial charge is 0.308 e. The van der Waals surface area contributed by atoms with Gasteiger partial charge in [0.1, 0.15) is 5.84 Å². The molecular weight excluding hydrogens is 404 g/mol. The number of amidine groups is 1. The van der Waals surface area contributed by atoms with Gasteiger partial charge in [-0.25, -0.2) is 4.98 Å². The second-order valence-corrected chi connectivity index (χ2v) is 7.62. The summed E-state index contributed by atoms with van der Waals surface area (Å²) in [5.74, 6) is -2.19. The fourth-order valence-corrected chi connectivity index (χ4v) is 3.65. The number of aliphatic carboxylic acids is 1. The maximum Gasteiger partial charge on any atom is 0.308 e. The number of nitrogens with two attached hydrogens (primary N) is 1. The van der Waals surface area contributed by atoms with Crippen molar-refractivity contribution < 1.29 is 19.7 Å². The summed E-state index contributed by atoms with van der Waals surface area (Å²) in [7, 11) is 0. The van der Waals surface area contributed by atoms with E-state index in [1.54, 1.807) is 36.4 Å². The Morgan fingerprint density at radius 3 is 2.41 bits per heavy atom. The Morgan fingerprint density at radius 2 is 1.81 bits per heavy atom. The van der Waals surface area contributed by atoms with Crippen LogP contribution < -0.4 is 16.0 Å². The zero-order valence-electron chi connectivity index (χ0n) is 17.8. The molecule has 7 heteroatoms. The molecule has 2 unspecified atom stereocenters. The number of benzene rings is 2. The minimum absolute atomic E-state index is 0.0732. The highest BCUT2D eigenvalue weighted by molar-refractivity contribution is 5.95. The summed E-state index contributed by atoms with van der Waals surface area (Å²) in [6, 6.07) is 17.5. The number of aromatic nitrogens is 1. The van der Waals surface area contributed by atoms with E-state index in [0.29, 0.717) is 17.5 Å². The highest BCUT2D eigenvalue weighted by atomic mass is 16.4. The highest BCUT2D eigenvalue weighted by Crippen LogP contribution is 2.20. The lowest BCUT2D eigenvalue weighted by atomic mass is 9.89. The van der Waals surface area contributed by atoms with E-state index in [1.165, 1.54) is 0 Å². The fraction of sp³-hybridized carbons (Fsp3) is 0.200. The molecule has 32 heavy (non-hydrogen) atoms. The topological polar surface area (TPSA) is 130 Å². The first-order valence-corrected chi connectivity index (χ1v) is 10.4. The number of hydrogen-bond donors (Lipinski definition) is 4. The number of carbonyl (C=O) groups is 2. The molecule has 0 aliphatic rings. The second kappa shape index (κ2) is 10.3. The predicted octanol–water partition coefficient (Wildman–Crippen LogP) is 2.90. The number of nitrogen functional groups attached to an aromatic ring is 1. The third-order valence-corrected chi connectivity index (χ3v) is 5.44. The van der Waals surface area contributed by atoms with Crippen molar-refractivity contribution in [2.75, 3.05) is 0 Å². The molecule has 164 valence electrons. The van der Waals surface area contributed by atoms with Crippen LogP contribution >= 0.6 is 0 Å². The first kappa shape index (κ1) is 22.7. The molecule has 0 aliphatic heterocycles. The zero-order chi connectivity index (χ0) is 23.1. The number of nitrogens with one attached hydrogen (secondary N) is 3. The minimum Gasteiger partial charge on any atom is -0.481 e. The van der Waals surface area contributed by atoms with Gasteiger partial charge in [0.05, 0.1) is 5.92 Å². The third kappa shape index (κ3) is 5.57. The predicted molar refractivity (Wildman–Crippen MR) is 122 cm³/mol. The van der Waals surface area contributed by atoms with Gasteiger partial charge in [-0.3, -0.25) is 15.0 Å². The molecule has 1 heterocycles. The van der Waals surface area contributed by atoms with Crippen LogP contribution in [0.1, 0.15) is 34.8 Å². The van der Waals surface area contributed by atoms with Crippen LogP contribution in [0.2, 0.25) is 0 Å². The largest absolute Gasteiger partial charge is 0.481 e. The molecular formula is C25H27N4O3+. The molecule has 7 nitrogen and oxygen atoms in total. The van der Waals surface area contributed by atoms with E-state index < -0.39 is 17.9 Å². The van der Waals surface area contributed by atoms with Crippen LogP contribution in [0, 0.1) is 11.3 Å². The number of rotatable bonds is 9. The van der Waals surface area contributed by atoms with Crippen LogP contribution in [0.3, 0.4) is 0 Å². The summed E-state index contributed by atoms with van der Waals surface area (Å²) in [6.07, 6.45) is 4.39. The second-order valence-electron chi connectivity index (χ2n) is 7.62. The number of H-pyrrole nitrogens is 1. The molecule has 1 amide bonds. The lowest BCUT2D eigenvalue weighted by Gasteiger charge is -2.24. The molecule has 0 bridgehead atoms. The van der Waals surface area contributed by atoms with Gasteiger partial charge in [0.2, 0.25) is 0 Å². The summed E-state index contributed by atoms with van der Waals surface area (Å²) >= 11 is 0. The first-order chi connectivity index (χ1) is 15.4. The summed E-state index contributed by atoms with van der Waals surface area (Å²) < 4.78 is 0. The average Bonchev–Trinajstić information content (AvgIpc) is 2.81. The molecule has 0 saturated heterocycles. The maximum absolute atomic E-state index is 12.8. The standard InChI is InChI=1S/C25H26N4O3/c1-2-22(21(25(31)32)14-16-5-3-6-19(13-16)23(26)27)29-24(30)18-10-8-17(9-11-18)20-7-4-12-28-15-20/h3-13,15,21-22H,2,14H2,1H3,(H3,26,27)(H,29,30)(H,31,32)/p+1. The molecule has 3 rings (SSSR count). The van der Waals surface area contributed by atoms with Crippen molar-refractivity contribution in [1.29, 1.82) is 5.41 Å². The van der Waals surface area contributed by atoms with Crippen molar-refractivity contribution in [3.8, 4) is 11.1 Å². The first-order valence-electron chi connectivity index (χ1n) is 10.4. The van der Waals surface area contributed by atoms with Crippen molar-refractivity contribution >= 4 is 17.7 Å². The minimum atomic E-state index is -0.985. The number of carboxylic acid groups (broad SMARTS) is 1. The van der Waals surface area contributed by atoms with E-state index in [4.69, 9.17) is 11.1 Å². The molecule has 2 atom stereocenters. The van der Waals surface area contributed by atoms with Crippen molar-refractivity contribution in [3.05, 3.63) is 89.7 Å². The third-order valence-electron chi connectivity index (χ3n) is 5.44. The maximum atomic E-state index is 12.8. The normalized spacial score (nSPS) is 12.5. The Kier molecular flexibility index (Phi) is 7.33. The van der Waals surface area contributed by atoms with Crippen LogP contribution in [-0.4, -0.2) is 28.9 Å². The zero-order valence-corrected chi connectivity index (χ0v) is 17.8. The van der Waals surface area contributed by atoms with Crippen molar-refractivity contribution in [3.63, 3.8) is 0 Å². The van der Waals surface area contributed by atoms with Crippen molar-refractivity contribution in [2.24, 2.45) is 11.7 Å². The lowest BCUT2D eigenvalue weighted by Crippen LogP contribution is -2.44. The number of aromatic amines is 1. The molecule has 0 fully saturated rings. The fourth-order valence-electron chi connectivity index (χ4n) is 3.65. The van der Waals surface area contributed by atoms with Crippen LogP contribution in [0.25, 0.3) is 11.1 Å². The Labute approximate surface area is 186 Å². The number of amides is 1. The van der Waals surface area contributed by atoms with Gasteiger partial charge in [-0.05, 0) is 48.2 Å². The van der Waals surface area contributed by atoms with Crippen LogP contribution in [0.5, 0.6) is 0 Å². The van der Waals surface area contributed by atoms with Gasteiger partial charge >= 0.3 is 5.97 Å². The number of carboxylic acids is 1. The number of pyridine rings is 1. The molecule has 0 saturated carbocycles. The van der Waals surface area contributed by atoms with E-state index in [0.717, 1.165) is 16.7 Å². The van der Waals surface area contributed by atoms with E-state index in [9.17, 15) is 14.7 Å². The molecule has 6 N–H and O–H groups in total. The van der Waals surface area contributed by atoms with Crippen LogP contribution in [0.15, 0.2) is 73.1 Å². The van der Waals surface area contributed by atoms with Gasteiger partial charge in [0.25, 0.3) is 5.91 Å². The number of hydrogen-bond acceptors (Lipinski definition) is 3. The van der Waals surface area contributed by atoms with Gasteiger partial charge < -0.3 is 16.2 Å². The van der Waals surface area contributed by atoms with Gasteiger partial charge in [-0.15, -0.1) is 0 Å². The van der Waals surface area contributed by atoms with Crippen LogP contribution in [-0.2, 0) is 11.2 Å². The van der Waals surface area contributed by atoms with Gasteiger partial charge in [-0.1, -0.05) is 37.3 Å². The summed E-state index contributed by atoms with van der Waals surface area (Å²) in [6.45, 7) is 1.85. The molecule has 2 aromatic carbocycles. The molecule has 3 aromatic rings. The Balaban J connectivity index is 1.74. The van der Waals surface area contributed by atoms with Crippen LogP contribution in [0.4, 0.5) is 0 Å². The lowest BCUT2D eigenvalue weighted by molar-refractivity contribution is -0.377. The van der Waals surface area contributed by atoms with Crippen molar-refractivity contribution in [1.82, 2.24) is 5.32 Å². The number of carbonyl (C=O) groups excluding carboxylic acids is 1. The van der Waals surface area contributed by atoms with E-state index in [1.807, 2.05) is 43.6 Å². The van der Waals surface area contributed by atoms with Gasteiger partial charge in [0, 0.05) is 28.8 Å². The Bertz CT molecular complexity index is 1100. The summed E-state index contributed by atoms with van der Waals surface area (Å²) in [5, 5.41) is 20.3. The quantitative estimate of drug-likeness (QED) is 0.306.